The molecule has 3 rings (SSSR count). The zero-order valence-corrected chi connectivity index (χ0v) is 12.4. The van der Waals surface area contributed by atoms with Crippen LogP contribution in [-0.4, -0.2) is 33.7 Å². The molecule has 1 fully saturated rings. The molecule has 1 amide bonds. The van der Waals surface area contributed by atoms with Crippen molar-refractivity contribution in [3.63, 3.8) is 0 Å². The van der Waals surface area contributed by atoms with E-state index >= 15 is 0 Å². The molecule has 1 saturated heterocycles. The Kier molecular flexibility index (Phi) is 3.79. The summed E-state index contributed by atoms with van der Waals surface area (Å²) in [5, 5.41) is 7.15. The molecular formula is C15H20N4O2. The number of carbonyl (C=O) groups excluding carboxylic acids is 1. The van der Waals surface area contributed by atoms with Gasteiger partial charge in [-0.15, -0.1) is 0 Å². The van der Waals surface area contributed by atoms with Gasteiger partial charge >= 0.3 is 0 Å². The smallest absolute Gasteiger partial charge is 0.238 e. The third kappa shape index (κ3) is 3.00. The fourth-order valence-corrected chi connectivity index (χ4v) is 2.91. The summed E-state index contributed by atoms with van der Waals surface area (Å²) in [6.07, 6.45) is 5.63. The number of hydrogen-bond acceptors (Lipinski definition) is 4. The van der Waals surface area contributed by atoms with Gasteiger partial charge in [0, 0.05) is 13.2 Å². The number of nitrogens with one attached hydrogen (secondary N) is 1. The van der Waals surface area contributed by atoms with Crippen molar-refractivity contribution < 1.29 is 9.21 Å². The van der Waals surface area contributed by atoms with Gasteiger partial charge in [-0.2, -0.15) is 5.10 Å². The third-order valence-electron chi connectivity index (χ3n) is 3.87. The van der Waals surface area contributed by atoms with Crippen LogP contribution in [0.25, 0.3) is 0 Å². The van der Waals surface area contributed by atoms with E-state index < -0.39 is 0 Å². The van der Waals surface area contributed by atoms with Gasteiger partial charge in [0.05, 0.1) is 30.2 Å². The highest BCUT2D eigenvalue weighted by Crippen LogP contribution is 2.31. The van der Waals surface area contributed by atoms with Gasteiger partial charge in [-0.3, -0.25) is 14.4 Å². The van der Waals surface area contributed by atoms with Crippen LogP contribution in [0.1, 0.15) is 30.3 Å². The van der Waals surface area contributed by atoms with E-state index in [-0.39, 0.29) is 11.9 Å². The lowest BCUT2D eigenvalue weighted by molar-refractivity contribution is -0.117. The second kappa shape index (κ2) is 5.73. The molecule has 6 heteroatoms. The average Bonchev–Trinajstić information content (AvgIpc) is 3.11. The minimum atomic E-state index is -0.00967. The van der Waals surface area contributed by atoms with Crippen molar-refractivity contribution in [1.29, 1.82) is 0 Å². The Bertz CT molecular complexity index is 618. The van der Waals surface area contributed by atoms with Gasteiger partial charge in [-0.25, -0.2) is 0 Å². The lowest BCUT2D eigenvalue weighted by Gasteiger charge is -2.21. The Balaban J connectivity index is 1.63. The molecule has 1 aliphatic rings. The molecule has 2 aromatic heterocycles. The number of likely N-dealkylation sites (tertiary alicyclic amines) is 1. The molecule has 0 spiro atoms. The zero-order valence-electron chi connectivity index (χ0n) is 12.4. The Morgan fingerprint density at radius 2 is 2.43 bits per heavy atom. The summed E-state index contributed by atoms with van der Waals surface area (Å²) >= 11 is 0. The summed E-state index contributed by atoms with van der Waals surface area (Å²) in [4.78, 5) is 14.4. The van der Waals surface area contributed by atoms with Crippen LogP contribution >= 0.6 is 0 Å². The Morgan fingerprint density at radius 1 is 1.57 bits per heavy atom. The molecule has 6 nitrogen and oxygen atoms in total. The maximum atomic E-state index is 12.2. The van der Waals surface area contributed by atoms with Crippen LogP contribution in [0, 0.1) is 6.92 Å². The maximum absolute atomic E-state index is 12.2. The number of furan rings is 1. The second-order valence-corrected chi connectivity index (χ2v) is 5.49. The maximum Gasteiger partial charge on any atom is 0.238 e. The van der Waals surface area contributed by atoms with E-state index in [2.05, 4.69) is 15.3 Å². The molecule has 1 atom stereocenters. The molecule has 0 radical (unpaired) electrons. The highest BCUT2D eigenvalue weighted by atomic mass is 16.3. The lowest BCUT2D eigenvalue weighted by atomic mass is 10.1. The number of hydrogen-bond donors (Lipinski definition) is 1. The Labute approximate surface area is 123 Å². The van der Waals surface area contributed by atoms with Crippen LogP contribution < -0.4 is 5.32 Å². The first-order valence-electron chi connectivity index (χ1n) is 7.21. The van der Waals surface area contributed by atoms with Crippen LogP contribution in [0.3, 0.4) is 0 Å². The van der Waals surface area contributed by atoms with Crippen molar-refractivity contribution in [2.75, 3.05) is 18.4 Å². The number of anilines is 1. The summed E-state index contributed by atoms with van der Waals surface area (Å²) in [5.74, 6) is 0.933. The zero-order chi connectivity index (χ0) is 14.8. The molecule has 0 aromatic carbocycles. The Morgan fingerprint density at radius 3 is 3.10 bits per heavy atom. The van der Waals surface area contributed by atoms with Gasteiger partial charge < -0.3 is 9.73 Å². The normalized spacial score (nSPS) is 19.0. The predicted octanol–water partition coefficient (Wildman–Crippen LogP) is 2.10. The largest absolute Gasteiger partial charge is 0.468 e. The molecule has 2 aromatic rings. The van der Waals surface area contributed by atoms with E-state index in [9.17, 15) is 4.79 Å². The van der Waals surface area contributed by atoms with Gasteiger partial charge in [0.15, 0.2) is 0 Å². The van der Waals surface area contributed by atoms with Crippen LogP contribution in [-0.2, 0) is 11.8 Å². The minimum absolute atomic E-state index is 0.00967. The highest BCUT2D eigenvalue weighted by Gasteiger charge is 2.29. The van der Waals surface area contributed by atoms with Crippen molar-refractivity contribution in [3.05, 3.63) is 36.0 Å². The summed E-state index contributed by atoms with van der Waals surface area (Å²) < 4.78 is 7.18. The summed E-state index contributed by atoms with van der Waals surface area (Å²) in [7, 11) is 1.84. The number of nitrogens with zero attached hydrogens (tertiary/aromatic N) is 3. The van der Waals surface area contributed by atoms with Gasteiger partial charge in [0.1, 0.15) is 5.76 Å². The molecule has 21 heavy (non-hydrogen) atoms. The Hall–Kier alpha value is -2.08. The van der Waals surface area contributed by atoms with Crippen LogP contribution in [0.2, 0.25) is 0 Å². The lowest BCUT2D eigenvalue weighted by Crippen LogP contribution is -2.32. The first kappa shape index (κ1) is 13.9. The number of carbonyl (C=O) groups is 1. The fraction of sp³-hybridized carbons (Fsp3) is 0.467. The molecule has 0 saturated carbocycles. The minimum Gasteiger partial charge on any atom is -0.468 e. The highest BCUT2D eigenvalue weighted by molar-refractivity contribution is 5.92. The van der Waals surface area contributed by atoms with E-state index in [0.29, 0.717) is 6.54 Å². The van der Waals surface area contributed by atoms with Gasteiger partial charge in [-0.05, 0) is 38.4 Å². The second-order valence-electron chi connectivity index (χ2n) is 5.49. The standard InChI is InChI=1S/C15H20N4O2/c1-11-12(9-18(2)17-11)16-15(20)10-19-7-3-5-13(19)14-6-4-8-21-14/h4,6,8-9,13H,3,5,7,10H2,1-2H3,(H,16,20)/t13-/m1/s1. The molecule has 0 aliphatic carbocycles. The number of rotatable bonds is 4. The molecule has 0 bridgehead atoms. The molecule has 3 heterocycles. The van der Waals surface area contributed by atoms with E-state index in [1.54, 1.807) is 10.9 Å². The predicted molar refractivity (Wildman–Crippen MR) is 78.8 cm³/mol. The van der Waals surface area contributed by atoms with Crippen molar-refractivity contribution in [2.45, 2.75) is 25.8 Å². The quantitative estimate of drug-likeness (QED) is 0.935. The molecule has 1 aliphatic heterocycles. The first-order valence-corrected chi connectivity index (χ1v) is 7.21. The SMILES string of the molecule is Cc1nn(C)cc1NC(=O)CN1CCC[C@@H]1c1ccco1. The van der Waals surface area contributed by atoms with Crippen LogP contribution in [0.15, 0.2) is 29.0 Å². The average molecular weight is 288 g/mol. The van der Waals surface area contributed by atoms with E-state index in [1.807, 2.05) is 32.3 Å². The summed E-state index contributed by atoms with van der Waals surface area (Å²) in [6, 6.07) is 4.08. The summed E-state index contributed by atoms with van der Waals surface area (Å²) in [5.41, 5.74) is 1.60. The van der Waals surface area contributed by atoms with Gasteiger partial charge in [-0.1, -0.05) is 0 Å². The summed E-state index contributed by atoms with van der Waals surface area (Å²) in [6.45, 7) is 3.18. The van der Waals surface area contributed by atoms with Crippen molar-refractivity contribution >= 4 is 11.6 Å². The molecule has 0 unspecified atom stereocenters. The van der Waals surface area contributed by atoms with Gasteiger partial charge in [0.2, 0.25) is 5.91 Å². The molecule has 1 N–H and O–H groups in total. The topological polar surface area (TPSA) is 63.3 Å². The van der Waals surface area contributed by atoms with E-state index in [4.69, 9.17) is 4.42 Å². The van der Waals surface area contributed by atoms with Crippen molar-refractivity contribution in [3.8, 4) is 0 Å². The van der Waals surface area contributed by atoms with Crippen molar-refractivity contribution in [2.24, 2.45) is 7.05 Å². The number of aromatic nitrogens is 2. The van der Waals surface area contributed by atoms with Gasteiger partial charge in [0.25, 0.3) is 0 Å². The monoisotopic (exact) mass is 288 g/mol. The van der Waals surface area contributed by atoms with E-state index in [1.165, 1.54) is 0 Å². The molecule has 112 valence electrons. The molecular weight excluding hydrogens is 268 g/mol. The number of aryl methyl sites for hydroxylation is 2. The van der Waals surface area contributed by atoms with Crippen LogP contribution in [0.5, 0.6) is 0 Å². The fourth-order valence-electron chi connectivity index (χ4n) is 2.91. The van der Waals surface area contributed by atoms with Crippen LogP contribution in [0.4, 0.5) is 5.69 Å². The van der Waals surface area contributed by atoms with E-state index in [0.717, 1.165) is 36.5 Å². The number of amides is 1. The van der Waals surface area contributed by atoms with Crippen molar-refractivity contribution in [1.82, 2.24) is 14.7 Å². The first-order chi connectivity index (χ1) is 10.1. The third-order valence-corrected chi connectivity index (χ3v) is 3.87.